The van der Waals surface area contributed by atoms with E-state index in [0.29, 0.717) is 12.2 Å². The number of hydrogen-bond donors (Lipinski definition) is 1. The van der Waals surface area contributed by atoms with E-state index >= 15 is 0 Å². The molecule has 42 heavy (non-hydrogen) atoms. The van der Waals surface area contributed by atoms with Crippen LogP contribution in [0.3, 0.4) is 0 Å². The Balaban J connectivity index is 1.62. The number of hydrogen-bond acceptors (Lipinski definition) is 9. The molecule has 3 aromatic rings. The summed E-state index contributed by atoms with van der Waals surface area (Å²) < 4.78 is 29.1. The molecule has 1 aliphatic heterocycles. The van der Waals surface area contributed by atoms with Crippen molar-refractivity contribution >= 4 is 26.0 Å². The number of esters is 3. The molecule has 3 aromatic carbocycles. The summed E-state index contributed by atoms with van der Waals surface area (Å²) in [5, 5.41) is 11.4. The molecule has 9 nitrogen and oxygen atoms in total. The zero-order valence-electron chi connectivity index (χ0n) is 23.9. The van der Waals surface area contributed by atoms with E-state index in [0.717, 1.165) is 6.04 Å². The topological polar surface area (TPSA) is 118 Å². The third kappa shape index (κ3) is 8.59. The average Bonchev–Trinajstić information content (AvgIpc) is 2.99. The van der Waals surface area contributed by atoms with Gasteiger partial charge in [-0.05, 0) is 42.4 Å². The van der Waals surface area contributed by atoms with Crippen LogP contribution in [0.25, 0.3) is 0 Å². The van der Waals surface area contributed by atoms with Crippen molar-refractivity contribution in [1.82, 2.24) is 0 Å². The minimum Gasteiger partial charge on any atom is -0.459 e. The Morgan fingerprint density at radius 1 is 0.714 bits per heavy atom. The molecule has 1 aliphatic rings. The van der Waals surface area contributed by atoms with Crippen LogP contribution in [-0.4, -0.2) is 75.0 Å². The number of carbonyl (C=O) groups is 3. The van der Waals surface area contributed by atoms with Crippen LogP contribution in [0.1, 0.15) is 31.1 Å². The fourth-order valence-corrected chi connectivity index (χ4v) is 5.00. The monoisotopic (exact) mass is 592 g/mol. The normalized spacial score (nSPS) is 22.1. The average molecular weight is 593 g/mol. The van der Waals surface area contributed by atoms with Crippen molar-refractivity contribution < 1.29 is 43.2 Å². The number of aliphatic hydroxyl groups excluding tert-OH is 1. The molecule has 4 rings (SSSR count). The Bertz CT molecular complexity index is 1310. The molecular formula is C32H36O9Si. The summed E-state index contributed by atoms with van der Waals surface area (Å²) >= 11 is 0. The van der Waals surface area contributed by atoms with E-state index in [-0.39, 0.29) is 17.7 Å². The first-order valence-corrected chi connectivity index (χ1v) is 17.5. The summed E-state index contributed by atoms with van der Waals surface area (Å²) in [5.41, 5.74) is 0.808. The first kappa shape index (κ1) is 31.1. The van der Waals surface area contributed by atoms with Crippen LogP contribution >= 0.6 is 0 Å². The highest BCUT2D eigenvalue weighted by atomic mass is 28.3. The minimum absolute atomic E-state index is 0.243. The molecule has 0 unspecified atom stereocenters. The molecule has 1 N–H and O–H groups in total. The summed E-state index contributed by atoms with van der Waals surface area (Å²) in [6.07, 6.45) is -6.59. The zero-order chi connectivity index (χ0) is 30.1. The van der Waals surface area contributed by atoms with Crippen LogP contribution in [-0.2, 0) is 23.7 Å². The Morgan fingerprint density at radius 3 is 1.64 bits per heavy atom. The molecule has 1 saturated heterocycles. The molecule has 5 atom stereocenters. The van der Waals surface area contributed by atoms with Gasteiger partial charge in [-0.1, -0.05) is 74.2 Å². The van der Waals surface area contributed by atoms with Crippen molar-refractivity contribution in [3.8, 4) is 0 Å². The zero-order valence-corrected chi connectivity index (χ0v) is 24.9. The van der Waals surface area contributed by atoms with Gasteiger partial charge in [-0.25, -0.2) is 14.4 Å². The third-order valence-corrected chi connectivity index (χ3v) is 8.35. The molecular weight excluding hydrogens is 556 g/mol. The fourth-order valence-electron chi connectivity index (χ4n) is 4.27. The lowest BCUT2D eigenvalue weighted by Gasteiger charge is -2.43. The van der Waals surface area contributed by atoms with Crippen LogP contribution in [0, 0.1) is 0 Å². The lowest BCUT2D eigenvalue weighted by molar-refractivity contribution is -0.298. The summed E-state index contributed by atoms with van der Waals surface area (Å²) in [7, 11) is -1.49. The van der Waals surface area contributed by atoms with E-state index in [1.807, 2.05) is 0 Å². The minimum atomic E-state index is -1.51. The Hall–Kier alpha value is -3.83. The van der Waals surface area contributed by atoms with Gasteiger partial charge in [-0.15, -0.1) is 0 Å². The van der Waals surface area contributed by atoms with Gasteiger partial charge < -0.3 is 28.8 Å². The second kappa shape index (κ2) is 14.4. The maximum Gasteiger partial charge on any atom is 0.338 e. The van der Waals surface area contributed by atoms with E-state index in [4.69, 9.17) is 23.7 Å². The predicted octanol–water partition coefficient (Wildman–Crippen LogP) is 4.74. The van der Waals surface area contributed by atoms with Crippen LogP contribution in [0.4, 0.5) is 0 Å². The lowest BCUT2D eigenvalue weighted by Crippen LogP contribution is -2.62. The number of ether oxygens (including phenoxy) is 5. The highest BCUT2D eigenvalue weighted by Crippen LogP contribution is 2.29. The van der Waals surface area contributed by atoms with Crippen molar-refractivity contribution in [3.63, 3.8) is 0 Å². The molecule has 222 valence electrons. The molecule has 0 spiro atoms. The van der Waals surface area contributed by atoms with E-state index in [1.54, 1.807) is 91.0 Å². The summed E-state index contributed by atoms with van der Waals surface area (Å²) in [6, 6.07) is 25.7. The van der Waals surface area contributed by atoms with E-state index in [1.165, 1.54) is 0 Å². The molecule has 1 heterocycles. The number of benzene rings is 3. The molecule has 0 radical (unpaired) electrons. The van der Waals surface area contributed by atoms with Crippen molar-refractivity contribution in [2.45, 2.75) is 56.4 Å². The molecule has 0 aromatic heterocycles. The Morgan fingerprint density at radius 2 is 1.17 bits per heavy atom. The third-order valence-electron chi connectivity index (χ3n) is 6.64. The van der Waals surface area contributed by atoms with Gasteiger partial charge in [0.2, 0.25) is 0 Å². The number of aliphatic hydroxyl groups is 1. The summed E-state index contributed by atoms with van der Waals surface area (Å²) in [6.45, 7) is 6.49. The van der Waals surface area contributed by atoms with Crippen molar-refractivity contribution in [2.24, 2.45) is 0 Å². The van der Waals surface area contributed by atoms with Crippen LogP contribution < -0.4 is 0 Å². The molecule has 1 fully saturated rings. The Labute approximate surface area is 246 Å². The second-order valence-electron chi connectivity index (χ2n) is 11.2. The maximum absolute atomic E-state index is 13.2. The predicted molar refractivity (Wildman–Crippen MR) is 157 cm³/mol. The van der Waals surface area contributed by atoms with Crippen LogP contribution in [0.5, 0.6) is 0 Å². The van der Waals surface area contributed by atoms with Crippen molar-refractivity contribution in [2.75, 3.05) is 13.2 Å². The molecule has 0 bridgehead atoms. The van der Waals surface area contributed by atoms with Crippen LogP contribution in [0.15, 0.2) is 91.0 Å². The second-order valence-corrected chi connectivity index (χ2v) is 16.8. The molecule has 10 heteroatoms. The highest BCUT2D eigenvalue weighted by molar-refractivity contribution is 6.76. The molecule has 0 amide bonds. The maximum atomic E-state index is 13.2. The standard InChI is InChI=1S/C32H36O9Si/c1-42(2,3)20-19-37-32-26(33)28(41-31(36)24-17-11-6-12-18-24)27(40-30(35)23-15-9-5-10-16-23)25(39-32)21-38-29(34)22-13-7-4-8-14-22/h4-18,25-28,32-33H,19-21H2,1-3H3/t25-,26-,27+,28-,32-/m1/s1. The molecule has 0 saturated carbocycles. The number of rotatable bonds is 11. The fraction of sp³-hybridized carbons (Fsp3) is 0.344. The van der Waals surface area contributed by atoms with Gasteiger partial charge in [0.25, 0.3) is 0 Å². The van der Waals surface area contributed by atoms with Gasteiger partial charge in [0.15, 0.2) is 18.5 Å². The van der Waals surface area contributed by atoms with Gasteiger partial charge in [0.05, 0.1) is 16.7 Å². The van der Waals surface area contributed by atoms with Gasteiger partial charge in [0.1, 0.15) is 18.8 Å². The van der Waals surface area contributed by atoms with Crippen molar-refractivity contribution in [1.29, 1.82) is 0 Å². The highest BCUT2D eigenvalue weighted by Gasteiger charge is 2.51. The first-order chi connectivity index (χ1) is 20.1. The largest absolute Gasteiger partial charge is 0.459 e. The van der Waals surface area contributed by atoms with Gasteiger partial charge in [-0.3, -0.25) is 0 Å². The van der Waals surface area contributed by atoms with Gasteiger partial charge >= 0.3 is 17.9 Å². The van der Waals surface area contributed by atoms with Gasteiger partial charge in [0, 0.05) is 14.7 Å². The first-order valence-electron chi connectivity index (χ1n) is 13.8. The smallest absolute Gasteiger partial charge is 0.338 e. The van der Waals surface area contributed by atoms with E-state index in [9.17, 15) is 19.5 Å². The van der Waals surface area contributed by atoms with E-state index < -0.39 is 56.7 Å². The summed E-state index contributed by atoms with van der Waals surface area (Å²) in [5.74, 6) is -2.08. The number of carbonyl (C=O) groups excluding carboxylic acids is 3. The SMILES string of the molecule is C[Si](C)(C)CCO[C@@H]1O[C@H](COC(=O)c2ccccc2)[C@H](OC(=O)c2ccccc2)[C@H](OC(=O)c2ccccc2)[C@H]1O. The Kier molecular flexibility index (Phi) is 10.6. The lowest BCUT2D eigenvalue weighted by atomic mass is 9.98. The quantitative estimate of drug-likeness (QED) is 0.191. The van der Waals surface area contributed by atoms with Gasteiger partial charge in [-0.2, -0.15) is 0 Å². The van der Waals surface area contributed by atoms with Crippen LogP contribution in [0.2, 0.25) is 25.7 Å². The van der Waals surface area contributed by atoms with Crippen molar-refractivity contribution in [3.05, 3.63) is 108 Å². The molecule has 0 aliphatic carbocycles. The summed E-state index contributed by atoms with van der Waals surface area (Å²) in [4.78, 5) is 39.1. The van der Waals surface area contributed by atoms with E-state index in [2.05, 4.69) is 19.6 Å².